The zero-order chi connectivity index (χ0) is 15.8. The maximum atomic E-state index is 3.37. The lowest BCUT2D eigenvalue weighted by Gasteiger charge is -2.29. The first-order valence-electron chi connectivity index (χ1n) is 8.22. The van der Waals surface area contributed by atoms with E-state index in [1.54, 1.807) is 0 Å². The van der Waals surface area contributed by atoms with E-state index in [0.717, 1.165) is 12.8 Å². The van der Waals surface area contributed by atoms with Crippen LogP contribution in [0.4, 0.5) is 0 Å². The Kier molecular flexibility index (Phi) is 3.53. The fourth-order valence-corrected chi connectivity index (χ4v) is 3.57. The highest BCUT2D eigenvalue weighted by molar-refractivity contribution is 5.82. The molecule has 0 unspecified atom stereocenters. The number of hydrogen-bond acceptors (Lipinski definition) is 0. The smallest absolute Gasteiger partial charge is 0.0171 e. The van der Waals surface area contributed by atoms with Crippen LogP contribution >= 0.6 is 0 Å². The Morgan fingerprint density at radius 3 is 2.35 bits per heavy atom. The van der Waals surface area contributed by atoms with Crippen LogP contribution in [0.1, 0.15) is 30.5 Å². The Bertz CT molecular complexity index is 841. The van der Waals surface area contributed by atoms with Crippen LogP contribution in [0.15, 0.2) is 76.9 Å². The Labute approximate surface area is 138 Å². The molecule has 0 aromatic heterocycles. The van der Waals surface area contributed by atoms with Crippen molar-refractivity contribution in [3.8, 4) is 0 Å². The van der Waals surface area contributed by atoms with Gasteiger partial charge in [0.05, 0.1) is 0 Å². The second-order valence-corrected chi connectivity index (χ2v) is 6.56. The third kappa shape index (κ3) is 2.59. The zero-order valence-electron chi connectivity index (χ0n) is 13.7. The van der Waals surface area contributed by atoms with Gasteiger partial charge in [-0.1, -0.05) is 65.8 Å². The predicted octanol–water partition coefficient (Wildman–Crippen LogP) is 5.52. The van der Waals surface area contributed by atoms with E-state index < -0.39 is 0 Å². The lowest BCUT2D eigenvalue weighted by molar-refractivity contribution is 0.968. The first-order valence-corrected chi connectivity index (χ1v) is 8.22. The molecule has 0 heteroatoms. The summed E-state index contributed by atoms with van der Waals surface area (Å²) in [5, 5.41) is 0. The van der Waals surface area contributed by atoms with Crippen LogP contribution in [0.2, 0.25) is 0 Å². The van der Waals surface area contributed by atoms with Crippen molar-refractivity contribution >= 4 is 5.57 Å². The maximum Gasteiger partial charge on any atom is 0.0171 e. The largest absolute Gasteiger partial charge is 0.0689 e. The molecule has 0 nitrogen and oxygen atoms in total. The molecule has 2 aromatic carbocycles. The van der Waals surface area contributed by atoms with Crippen LogP contribution in [-0.4, -0.2) is 0 Å². The number of benzene rings is 2. The highest BCUT2D eigenvalue weighted by Crippen LogP contribution is 2.40. The second-order valence-electron chi connectivity index (χ2n) is 6.56. The summed E-state index contributed by atoms with van der Waals surface area (Å²) in [6.45, 7) is 4.43. The second kappa shape index (κ2) is 5.70. The minimum absolute atomic E-state index is 1.03. The van der Waals surface area contributed by atoms with Gasteiger partial charge in [0, 0.05) is 6.42 Å². The van der Waals surface area contributed by atoms with E-state index in [1.807, 2.05) is 12.1 Å². The molecular weight excluding hydrogens is 276 g/mol. The SMILES string of the molecule is CC(C)=C1C=C(c2[c]cccc2)[CH]C2=C1Cc1ccccc1C2. The van der Waals surface area contributed by atoms with Gasteiger partial charge in [0.1, 0.15) is 0 Å². The highest BCUT2D eigenvalue weighted by Gasteiger charge is 2.25. The van der Waals surface area contributed by atoms with Gasteiger partial charge in [-0.15, -0.1) is 0 Å². The molecule has 0 aliphatic heterocycles. The van der Waals surface area contributed by atoms with Gasteiger partial charge in [-0.2, -0.15) is 0 Å². The van der Waals surface area contributed by atoms with Gasteiger partial charge in [0.25, 0.3) is 0 Å². The van der Waals surface area contributed by atoms with Crippen molar-refractivity contribution in [1.82, 2.24) is 0 Å². The number of rotatable bonds is 1. The van der Waals surface area contributed by atoms with Crippen molar-refractivity contribution in [1.29, 1.82) is 0 Å². The molecule has 0 fully saturated rings. The lowest BCUT2D eigenvalue weighted by Crippen LogP contribution is -2.15. The Morgan fingerprint density at radius 2 is 1.65 bits per heavy atom. The van der Waals surface area contributed by atoms with Crippen LogP contribution in [0.25, 0.3) is 5.57 Å². The summed E-state index contributed by atoms with van der Waals surface area (Å²) >= 11 is 0. The van der Waals surface area contributed by atoms with Gasteiger partial charge in [-0.05, 0) is 66.2 Å². The summed E-state index contributed by atoms with van der Waals surface area (Å²) in [5.74, 6) is 0. The number of hydrogen-bond donors (Lipinski definition) is 0. The zero-order valence-corrected chi connectivity index (χ0v) is 13.7. The number of fused-ring (bicyclic) bond motifs is 1. The first-order chi connectivity index (χ1) is 11.2. The molecular formula is C23H20. The van der Waals surface area contributed by atoms with Crippen LogP contribution < -0.4 is 0 Å². The minimum atomic E-state index is 1.03. The third-order valence-electron chi connectivity index (χ3n) is 4.77. The van der Waals surface area contributed by atoms with Gasteiger partial charge in [-0.25, -0.2) is 0 Å². The molecule has 0 amide bonds. The fraction of sp³-hybridized carbons (Fsp3) is 0.174. The van der Waals surface area contributed by atoms with E-state index in [0.29, 0.717) is 0 Å². The molecule has 4 rings (SSSR count). The van der Waals surface area contributed by atoms with Crippen LogP contribution in [0, 0.1) is 12.5 Å². The van der Waals surface area contributed by atoms with E-state index in [9.17, 15) is 0 Å². The molecule has 0 saturated carbocycles. The quantitative estimate of drug-likeness (QED) is 0.650. The fourth-order valence-electron chi connectivity index (χ4n) is 3.57. The summed E-state index contributed by atoms with van der Waals surface area (Å²) < 4.78 is 0. The molecule has 2 aliphatic rings. The van der Waals surface area contributed by atoms with E-state index in [4.69, 9.17) is 0 Å². The van der Waals surface area contributed by atoms with Crippen molar-refractivity contribution < 1.29 is 0 Å². The summed E-state index contributed by atoms with van der Waals surface area (Å²) in [6.07, 6.45) is 6.79. The van der Waals surface area contributed by atoms with Gasteiger partial charge in [0.2, 0.25) is 0 Å². The molecule has 2 radical (unpaired) electrons. The molecule has 0 saturated heterocycles. The Hall–Kier alpha value is -2.34. The maximum absolute atomic E-state index is 3.37. The van der Waals surface area contributed by atoms with Crippen molar-refractivity contribution in [2.75, 3.05) is 0 Å². The van der Waals surface area contributed by atoms with Gasteiger partial charge >= 0.3 is 0 Å². The topological polar surface area (TPSA) is 0 Å². The normalized spacial score (nSPS) is 16.6. The Balaban J connectivity index is 1.79. The van der Waals surface area contributed by atoms with E-state index >= 15 is 0 Å². The molecule has 112 valence electrons. The third-order valence-corrected chi connectivity index (χ3v) is 4.77. The summed E-state index contributed by atoms with van der Waals surface area (Å²) in [5.41, 5.74) is 11.2. The van der Waals surface area contributed by atoms with Gasteiger partial charge in [0.15, 0.2) is 0 Å². The van der Waals surface area contributed by atoms with E-state index in [-0.39, 0.29) is 0 Å². The monoisotopic (exact) mass is 296 g/mol. The van der Waals surface area contributed by atoms with Crippen molar-refractivity contribution in [2.24, 2.45) is 0 Å². The summed E-state index contributed by atoms with van der Waals surface area (Å²) in [4.78, 5) is 0. The predicted molar refractivity (Wildman–Crippen MR) is 96.8 cm³/mol. The molecule has 2 aromatic rings. The van der Waals surface area contributed by atoms with Crippen molar-refractivity contribution in [3.63, 3.8) is 0 Å². The highest BCUT2D eigenvalue weighted by atomic mass is 14.3. The average Bonchev–Trinajstić information content (AvgIpc) is 2.59. The van der Waals surface area contributed by atoms with Crippen molar-refractivity contribution in [3.05, 3.63) is 106 Å². The minimum Gasteiger partial charge on any atom is -0.0689 e. The van der Waals surface area contributed by atoms with Gasteiger partial charge in [-0.3, -0.25) is 0 Å². The molecule has 0 heterocycles. The molecule has 23 heavy (non-hydrogen) atoms. The standard InChI is InChI=1S/C23H20/c1-16(2)22-15-20(17-8-4-3-5-9-17)13-21-12-18-10-6-7-11-19(18)14-23(21)22/h3-8,10-11,13,15H,12,14H2,1-2H3. The number of allylic oxidation sites excluding steroid dienone is 6. The summed E-state index contributed by atoms with van der Waals surface area (Å²) in [7, 11) is 0. The molecule has 0 bridgehead atoms. The molecule has 0 atom stereocenters. The van der Waals surface area contributed by atoms with Crippen molar-refractivity contribution in [2.45, 2.75) is 26.7 Å². The molecule has 0 N–H and O–H groups in total. The van der Waals surface area contributed by atoms with Gasteiger partial charge < -0.3 is 0 Å². The molecule has 0 spiro atoms. The van der Waals surface area contributed by atoms with Crippen LogP contribution in [-0.2, 0) is 12.8 Å². The lowest BCUT2D eigenvalue weighted by atomic mass is 9.75. The van der Waals surface area contributed by atoms with Crippen LogP contribution in [0.5, 0.6) is 0 Å². The molecule has 2 aliphatic carbocycles. The first kappa shape index (κ1) is 14.3. The summed E-state index contributed by atoms with van der Waals surface area (Å²) in [6, 6.07) is 20.5. The van der Waals surface area contributed by atoms with E-state index in [2.05, 4.69) is 68.8 Å². The average molecular weight is 296 g/mol. The van der Waals surface area contributed by atoms with E-state index in [1.165, 1.54) is 44.6 Å². The van der Waals surface area contributed by atoms with Crippen LogP contribution in [0.3, 0.4) is 0 Å². The Morgan fingerprint density at radius 1 is 0.913 bits per heavy atom.